The van der Waals surface area contributed by atoms with Gasteiger partial charge in [0.15, 0.2) is 9.99 Å². The van der Waals surface area contributed by atoms with Gasteiger partial charge in [-0.15, -0.1) is 0 Å². The Bertz CT molecular complexity index is 934. The number of ether oxygens (including phenoxy) is 4. The molecule has 1 N–H and O–H groups in total. The van der Waals surface area contributed by atoms with Crippen molar-refractivity contribution in [1.82, 2.24) is 4.98 Å². The molecular weight excluding hydrogens is 507 g/mol. The molecule has 0 aliphatic heterocycles. The third-order valence-corrected chi connectivity index (χ3v) is 3.35. The molecule has 0 aliphatic carbocycles. The minimum Gasteiger partial charge on any atom is -0.465 e. The molecule has 0 unspecified atom stereocenters. The summed E-state index contributed by atoms with van der Waals surface area (Å²) in [5.41, 5.74) is -0.273. The summed E-state index contributed by atoms with van der Waals surface area (Å²) < 4.78 is 17.6. The van der Waals surface area contributed by atoms with E-state index in [9.17, 15) is 24.4 Å². The van der Waals surface area contributed by atoms with Crippen LogP contribution in [0.1, 0.15) is 41.7 Å². The van der Waals surface area contributed by atoms with Crippen LogP contribution < -0.4 is 4.73 Å². The normalized spacial score (nSPS) is 9.33. The van der Waals surface area contributed by atoms with Crippen LogP contribution in [0.25, 0.3) is 0 Å². The van der Waals surface area contributed by atoms with Crippen molar-refractivity contribution in [1.29, 1.82) is 0 Å². The van der Waals surface area contributed by atoms with E-state index < -0.39 is 28.2 Å². The lowest BCUT2D eigenvalue weighted by molar-refractivity contribution is -0.906. The lowest BCUT2D eigenvalue weighted by Crippen LogP contribution is -2.40. The average Bonchev–Trinajstić information content (AvgIpc) is 2.81. The monoisotopic (exact) mass is 525 g/mol. The summed E-state index contributed by atoms with van der Waals surface area (Å²) in [4.78, 5) is 48.6. The highest BCUT2D eigenvalue weighted by Crippen LogP contribution is 2.08. The zero-order chi connectivity index (χ0) is 25.6. The first kappa shape index (κ1) is 29.9. The van der Waals surface area contributed by atoms with Gasteiger partial charge >= 0.3 is 29.6 Å². The topological polar surface area (TPSA) is 142 Å². The minimum absolute atomic E-state index is 0.0400. The van der Waals surface area contributed by atoms with Crippen molar-refractivity contribution in [3.8, 4) is 0 Å². The number of rotatable bonds is 4. The van der Waals surface area contributed by atoms with Crippen LogP contribution in [0.2, 0.25) is 0 Å². The second-order valence-corrected chi connectivity index (χ2v) is 7.21. The predicted molar refractivity (Wildman–Crippen MR) is 115 cm³/mol. The van der Waals surface area contributed by atoms with Gasteiger partial charge in [-0.1, -0.05) is 34.8 Å². The molecule has 14 heteroatoms. The van der Waals surface area contributed by atoms with Crippen LogP contribution >= 0.6 is 34.8 Å². The van der Waals surface area contributed by atoms with Gasteiger partial charge in [0.05, 0.1) is 34.0 Å². The van der Waals surface area contributed by atoms with Crippen molar-refractivity contribution in [2.45, 2.75) is 4.30 Å². The Morgan fingerprint density at radius 1 is 0.818 bits per heavy atom. The number of hydrogen-bond donors (Lipinski definition) is 1. The van der Waals surface area contributed by atoms with E-state index in [1.54, 1.807) is 6.07 Å². The number of pyridine rings is 2. The molecule has 0 amide bonds. The molecule has 0 radical (unpaired) electrons. The Kier molecular flexibility index (Phi) is 14.1. The molecule has 2 heterocycles. The van der Waals surface area contributed by atoms with Crippen LogP contribution in [0.5, 0.6) is 0 Å². The van der Waals surface area contributed by atoms with Crippen LogP contribution in [0, 0.1) is 0 Å². The second kappa shape index (κ2) is 15.6. The van der Waals surface area contributed by atoms with Gasteiger partial charge in [-0.2, -0.15) is 0 Å². The third-order valence-electron chi connectivity index (χ3n) is 3.35. The molecule has 2 rings (SSSR count). The zero-order valence-corrected chi connectivity index (χ0v) is 20.1. The minimum atomic E-state index is -0.821. The molecule has 0 aromatic carbocycles. The van der Waals surface area contributed by atoms with Gasteiger partial charge < -0.3 is 18.9 Å². The quantitative estimate of drug-likeness (QED) is 0.207. The molecular formula is C19H20Cl3N2O9+. The molecule has 33 heavy (non-hydrogen) atoms. The number of nitrogens with zero attached hydrogens (tertiary/aromatic N) is 2. The lowest BCUT2D eigenvalue weighted by Gasteiger charge is -2.03. The summed E-state index contributed by atoms with van der Waals surface area (Å²) in [5, 5.41) is 9.35. The Hall–Kier alpha value is -3.15. The smallest absolute Gasteiger partial charge is 0.409 e. The van der Waals surface area contributed by atoms with Gasteiger partial charge in [0.1, 0.15) is 5.56 Å². The van der Waals surface area contributed by atoms with Crippen LogP contribution in [0.3, 0.4) is 0 Å². The Morgan fingerprint density at radius 2 is 1.27 bits per heavy atom. The first-order valence-electron chi connectivity index (χ1n) is 8.49. The highest BCUT2D eigenvalue weighted by atomic mass is 35.6. The fraction of sp³-hybridized carbons (Fsp3) is 0.263. The molecule has 0 aliphatic rings. The highest BCUT2D eigenvalue weighted by Gasteiger charge is 2.30. The largest absolute Gasteiger partial charge is 0.465 e. The first-order chi connectivity index (χ1) is 15.5. The molecule has 11 nitrogen and oxygen atoms in total. The van der Waals surface area contributed by atoms with E-state index in [1.807, 2.05) is 0 Å². The number of methoxy groups -OCH3 is 4. The molecule has 0 fully saturated rings. The fourth-order valence-electron chi connectivity index (χ4n) is 2.01. The predicted octanol–water partition coefficient (Wildman–Crippen LogP) is 2.43. The van der Waals surface area contributed by atoms with E-state index in [0.717, 1.165) is 7.11 Å². The van der Waals surface area contributed by atoms with Crippen molar-refractivity contribution in [2.24, 2.45) is 0 Å². The number of carbonyl (C=O) groups is 4. The number of aromatic nitrogens is 2. The van der Waals surface area contributed by atoms with Gasteiger partial charge in [-0.3, -0.25) is 5.21 Å². The maximum Gasteiger partial charge on any atom is 0.409 e. The van der Waals surface area contributed by atoms with E-state index in [2.05, 4.69) is 23.9 Å². The number of alkyl halides is 3. The molecule has 0 bridgehead atoms. The average molecular weight is 527 g/mol. The van der Waals surface area contributed by atoms with Crippen molar-refractivity contribution in [3.05, 3.63) is 59.2 Å². The first-order valence-corrected chi connectivity index (χ1v) is 9.80. The molecule has 2 aromatic heterocycles. The molecule has 0 saturated heterocycles. The number of halogens is 3. The summed E-state index contributed by atoms with van der Waals surface area (Å²) >= 11 is 14.4. The van der Waals surface area contributed by atoms with E-state index in [0.29, 0.717) is 4.73 Å². The number of esters is 4. The van der Waals surface area contributed by atoms with Crippen LogP contribution in [-0.2, 0) is 18.9 Å². The van der Waals surface area contributed by atoms with E-state index in [-0.39, 0.29) is 22.5 Å². The van der Waals surface area contributed by atoms with Gasteiger partial charge in [-0.05, 0) is 18.2 Å². The van der Waals surface area contributed by atoms with Gasteiger partial charge in [0.25, 0.3) is 0 Å². The molecule has 2 aromatic rings. The Balaban J connectivity index is 0.000000536. The van der Waals surface area contributed by atoms with E-state index >= 15 is 0 Å². The molecule has 0 saturated carbocycles. The third kappa shape index (κ3) is 9.89. The van der Waals surface area contributed by atoms with Crippen molar-refractivity contribution < 1.29 is 48.1 Å². The fourth-order valence-corrected chi connectivity index (χ4v) is 2.01. The van der Waals surface area contributed by atoms with Crippen LogP contribution in [-0.4, -0.2) is 66.8 Å². The summed E-state index contributed by atoms with van der Waals surface area (Å²) in [6.07, 6.45) is 2.61. The Morgan fingerprint density at radius 3 is 1.76 bits per heavy atom. The number of carbonyl (C=O) groups excluding carboxylic acids is 4. The van der Waals surface area contributed by atoms with E-state index in [1.165, 1.54) is 51.9 Å². The van der Waals surface area contributed by atoms with Crippen LogP contribution in [0.15, 0.2) is 36.7 Å². The highest BCUT2D eigenvalue weighted by molar-refractivity contribution is 6.63. The Labute approximate surface area is 203 Å². The summed E-state index contributed by atoms with van der Waals surface area (Å²) in [6, 6.07) is 5.74. The lowest BCUT2D eigenvalue weighted by atomic mass is 10.2. The molecule has 0 atom stereocenters. The van der Waals surface area contributed by atoms with Gasteiger partial charge in [0, 0.05) is 17.0 Å². The maximum atomic E-state index is 11.3. The maximum absolute atomic E-state index is 11.3. The van der Waals surface area contributed by atoms with Gasteiger partial charge in [-0.25, -0.2) is 24.2 Å². The number of hydrogen-bond acceptors (Lipinski definition) is 10. The van der Waals surface area contributed by atoms with E-state index in [4.69, 9.17) is 34.8 Å². The standard InChI is InChI=1S/C9H10NO5.C9H9NO4.CHCl3/c1-14-8(11)6-4-3-5-10(13)7(6)9(12)15-2;1-13-8(11)6-4-3-5-10-7(6)9(12)14-2;2-1(3)4/h3-5,13H,1-2H3;3-5H,1-2H3;1H/q+1;;. The van der Waals surface area contributed by atoms with Crippen molar-refractivity contribution >= 4 is 58.7 Å². The van der Waals surface area contributed by atoms with Crippen molar-refractivity contribution in [3.63, 3.8) is 0 Å². The summed E-state index contributed by atoms with van der Waals surface area (Å²) in [6.45, 7) is 0. The summed E-state index contributed by atoms with van der Waals surface area (Å²) in [7, 11) is 4.78. The van der Waals surface area contributed by atoms with Crippen LogP contribution in [0.4, 0.5) is 0 Å². The zero-order valence-electron chi connectivity index (χ0n) is 17.8. The van der Waals surface area contributed by atoms with Gasteiger partial charge in [0.2, 0.25) is 6.20 Å². The SMILES string of the molecule is COC(=O)c1ccc[n+](O)c1C(=O)OC.COC(=O)c1cccnc1C(=O)OC.ClC(Cl)Cl. The molecule has 180 valence electrons. The summed E-state index contributed by atoms with van der Waals surface area (Å²) in [5.74, 6) is -2.82. The second-order valence-electron chi connectivity index (χ2n) is 5.23. The molecule has 0 spiro atoms. The van der Waals surface area contributed by atoms with Crippen molar-refractivity contribution in [2.75, 3.05) is 28.4 Å².